The quantitative estimate of drug-likeness (QED) is 0.793. The number of aromatic nitrogens is 2. The molecule has 5 heteroatoms. The third-order valence-corrected chi connectivity index (χ3v) is 3.26. The predicted octanol–water partition coefficient (Wildman–Crippen LogP) is 0.542. The molecule has 0 saturated carbocycles. The molecule has 0 aromatic carbocycles. The summed E-state index contributed by atoms with van der Waals surface area (Å²) in [6.45, 7) is 0.727. The lowest BCUT2D eigenvalue weighted by Crippen LogP contribution is -2.31. The van der Waals surface area contributed by atoms with Gasteiger partial charge in [-0.25, -0.2) is 0 Å². The number of nitrogens with one attached hydrogen (secondary N) is 1. The highest BCUT2D eigenvalue weighted by atomic mass is 32.2. The van der Waals surface area contributed by atoms with Gasteiger partial charge in [-0.2, -0.15) is 5.10 Å². The number of thioether (sulfide) groups is 1. The van der Waals surface area contributed by atoms with Gasteiger partial charge in [-0.15, -0.1) is 0 Å². The summed E-state index contributed by atoms with van der Waals surface area (Å²) >= 11 is 1.42. The minimum Gasteiger partial charge on any atom is -0.302 e. The van der Waals surface area contributed by atoms with Crippen molar-refractivity contribution in [2.24, 2.45) is 7.05 Å². The van der Waals surface area contributed by atoms with Crippen molar-refractivity contribution in [3.05, 3.63) is 18.0 Å². The molecule has 1 unspecified atom stereocenters. The van der Waals surface area contributed by atoms with E-state index >= 15 is 0 Å². The lowest BCUT2D eigenvalue weighted by atomic mass is 10.2. The zero-order chi connectivity index (χ0) is 9.97. The molecule has 0 spiro atoms. The number of hydrogen-bond acceptors (Lipinski definition) is 4. The number of hydrogen-bond donors (Lipinski definition) is 1. The number of aryl methyl sites for hydroxylation is 1. The van der Waals surface area contributed by atoms with Crippen molar-refractivity contribution in [1.82, 2.24) is 15.1 Å². The molecule has 1 atom stereocenters. The summed E-state index contributed by atoms with van der Waals surface area (Å²) in [5, 5.41) is 7.58. The Morgan fingerprint density at radius 1 is 1.79 bits per heavy atom. The lowest BCUT2D eigenvalue weighted by molar-refractivity contribution is -0.112. The molecule has 1 aromatic rings. The molecule has 1 aliphatic heterocycles. The van der Waals surface area contributed by atoms with E-state index < -0.39 is 0 Å². The lowest BCUT2D eigenvalue weighted by Gasteiger charge is -2.07. The Morgan fingerprint density at radius 3 is 3.21 bits per heavy atom. The zero-order valence-corrected chi connectivity index (χ0v) is 8.88. The van der Waals surface area contributed by atoms with E-state index in [0.717, 1.165) is 24.3 Å². The molecule has 2 heterocycles. The summed E-state index contributed by atoms with van der Waals surface area (Å²) in [5.74, 6) is 0.948. The molecule has 1 fully saturated rings. The van der Waals surface area contributed by atoms with Crippen molar-refractivity contribution in [3.8, 4) is 0 Å². The van der Waals surface area contributed by atoms with Gasteiger partial charge < -0.3 is 5.32 Å². The van der Waals surface area contributed by atoms with Crippen molar-refractivity contribution >= 4 is 16.9 Å². The van der Waals surface area contributed by atoms with E-state index in [1.807, 2.05) is 19.4 Å². The van der Waals surface area contributed by atoms with Crippen LogP contribution in [-0.4, -0.2) is 26.7 Å². The SMILES string of the molecule is Cn1cc(CNC2CCSC2=O)cn1. The standard InChI is InChI=1S/C9H13N3OS/c1-12-6-7(5-11-12)4-10-8-2-3-14-9(8)13/h5-6,8,10H,2-4H2,1H3. The summed E-state index contributed by atoms with van der Waals surface area (Å²) in [7, 11) is 1.89. The van der Waals surface area contributed by atoms with Crippen molar-refractivity contribution in [2.45, 2.75) is 19.0 Å². The van der Waals surface area contributed by atoms with Crippen LogP contribution in [0.2, 0.25) is 0 Å². The monoisotopic (exact) mass is 211 g/mol. The van der Waals surface area contributed by atoms with Crippen LogP contribution in [0.1, 0.15) is 12.0 Å². The van der Waals surface area contributed by atoms with E-state index in [1.54, 1.807) is 4.68 Å². The van der Waals surface area contributed by atoms with E-state index in [9.17, 15) is 4.79 Å². The maximum absolute atomic E-state index is 11.3. The second kappa shape index (κ2) is 4.14. The molecule has 2 rings (SSSR count). The molecule has 4 nitrogen and oxygen atoms in total. The molecule has 0 radical (unpaired) electrons. The fourth-order valence-electron chi connectivity index (χ4n) is 1.49. The van der Waals surface area contributed by atoms with Crippen molar-refractivity contribution in [2.75, 3.05) is 5.75 Å². The van der Waals surface area contributed by atoms with Gasteiger partial charge in [0.2, 0.25) is 5.12 Å². The third kappa shape index (κ3) is 2.16. The Morgan fingerprint density at radius 2 is 2.64 bits per heavy atom. The smallest absolute Gasteiger partial charge is 0.205 e. The van der Waals surface area contributed by atoms with Crippen LogP contribution in [0.4, 0.5) is 0 Å². The first-order chi connectivity index (χ1) is 6.75. The van der Waals surface area contributed by atoms with Gasteiger partial charge in [0.15, 0.2) is 0 Å². The fourth-order valence-corrected chi connectivity index (χ4v) is 2.44. The molecule has 1 N–H and O–H groups in total. The molecule has 0 aliphatic carbocycles. The van der Waals surface area contributed by atoms with Crippen LogP contribution < -0.4 is 5.32 Å². The van der Waals surface area contributed by atoms with Gasteiger partial charge in [-0.3, -0.25) is 9.48 Å². The largest absolute Gasteiger partial charge is 0.302 e. The Kier molecular flexibility index (Phi) is 2.88. The Labute approximate surface area is 87.1 Å². The van der Waals surface area contributed by atoms with Gasteiger partial charge in [0.25, 0.3) is 0 Å². The first kappa shape index (κ1) is 9.73. The van der Waals surface area contributed by atoms with Crippen molar-refractivity contribution < 1.29 is 4.79 Å². The van der Waals surface area contributed by atoms with E-state index in [-0.39, 0.29) is 11.2 Å². The third-order valence-electron chi connectivity index (χ3n) is 2.25. The summed E-state index contributed by atoms with van der Waals surface area (Å²) in [4.78, 5) is 11.3. The van der Waals surface area contributed by atoms with Crippen molar-refractivity contribution in [3.63, 3.8) is 0 Å². The molecular weight excluding hydrogens is 198 g/mol. The van der Waals surface area contributed by atoms with Gasteiger partial charge in [0.05, 0.1) is 12.2 Å². The van der Waals surface area contributed by atoms with E-state index in [4.69, 9.17) is 0 Å². The minimum absolute atomic E-state index is 0.0419. The molecule has 14 heavy (non-hydrogen) atoms. The minimum atomic E-state index is 0.0419. The summed E-state index contributed by atoms with van der Waals surface area (Å²) in [6.07, 6.45) is 4.73. The Balaban J connectivity index is 1.85. The van der Waals surface area contributed by atoms with Gasteiger partial charge >= 0.3 is 0 Å². The topological polar surface area (TPSA) is 46.9 Å². The van der Waals surface area contributed by atoms with Crippen LogP contribution in [0.15, 0.2) is 12.4 Å². The van der Waals surface area contributed by atoms with Gasteiger partial charge in [-0.05, 0) is 6.42 Å². The van der Waals surface area contributed by atoms with Crippen LogP contribution >= 0.6 is 11.8 Å². The van der Waals surface area contributed by atoms with Crippen LogP contribution in [-0.2, 0) is 18.4 Å². The highest BCUT2D eigenvalue weighted by Gasteiger charge is 2.24. The molecule has 76 valence electrons. The summed E-state index contributed by atoms with van der Waals surface area (Å²) < 4.78 is 1.77. The first-order valence-corrected chi connectivity index (χ1v) is 5.62. The molecule has 1 saturated heterocycles. The second-order valence-corrected chi connectivity index (χ2v) is 4.51. The normalized spacial score (nSPS) is 21.8. The fraction of sp³-hybridized carbons (Fsp3) is 0.556. The molecule has 1 aromatic heterocycles. The number of rotatable bonds is 3. The number of carbonyl (C=O) groups excluding carboxylic acids is 1. The van der Waals surface area contributed by atoms with E-state index in [2.05, 4.69) is 10.4 Å². The number of carbonyl (C=O) groups is 1. The van der Waals surface area contributed by atoms with Crippen molar-refractivity contribution in [1.29, 1.82) is 0 Å². The maximum atomic E-state index is 11.3. The average molecular weight is 211 g/mol. The molecule has 0 bridgehead atoms. The number of nitrogens with zero attached hydrogens (tertiary/aromatic N) is 2. The van der Waals surface area contributed by atoms with Crippen LogP contribution in [0.3, 0.4) is 0 Å². The Bertz CT molecular complexity index is 337. The predicted molar refractivity (Wildman–Crippen MR) is 55.9 cm³/mol. The van der Waals surface area contributed by atoms with Gasteiger partial charge in [0, 0.05) is 31.1 Å². The van der Waals surface area contributed by atoms with Gasteiger partial charge in [-0.1, -0.05) is 11.8 Å². The highest BCUT2D eigenvalue weighted by Crippen LogP contribution is 2.19. The first-order valence-electron chi connectivity index (χ1n) is 4.63. The van der Waals surface area contributed by atoms with Crippen LogP contribution in [0.25, 0.3) is 0 Å². The Hall–Kier alpha value is -0.810. The maximum Gasteiger partial charge on any atom is 0.205 e. The van der Waals surface area contributed by atoms with Crippen LogP contribution in [0, 0.1) is 0 Å². The summed E-state index contributed by atoms with van der Waals surface area (Å²) in [5.41, 5.74) is 1.12. The average Bonchev–Trinajstić information content (AvgIpc) is 2.72. The molecular formula is C9H13N3OS. The van der Waals surface area contributed by atoms with Gasteiger partial charge in [0.1, 0.15) is 0 Å². The highest BCUT2D eigenvalue weighted by molar-refractivity contribution is 8.14. The molecule has 1 aliphatic rings. The molecule has 0 amide bonds. The second-order valence-electron chi connectivity index (χ2n) is 3.41. The van der Waals surface area contributed by atoms with E-state index in [1.165, 1.54) is 11.8 Å². The van der Waals surface area contributed by atoms with E-state index in [0.29, 0.717) is 0 Å². The zero-order valence-electron chi connectivity index (χ0n) is 8.06. The van der Waals surface area contributed by atoms with Crippen LogP contribution in [0.5, 0.6) is 0 Å². The summed E-state index contributed by atoms with van der Waals surface area (Å²) in [6, 6.07) is 0.0419.